The molecule has 1 heterocycles. The Morgan fingerprint density at radius 1 is 0.917 bits per heavy atom. The van der Waals surface area contributed by atoms with Crippen molar-refractivity contribution < 1.29 is 0 Å². The van der Waals surface area contributed by atoms with Crippen molar-refractivity contribution in [3.63, 3.8) is 0 Å². The van der Waals surface area contributed by atoms with E-state index in [2.05, 4.69) is 69.9 Å². The van der Waals surface area contributed by atoms with E-state index >= 15 is 0 Å². The number of benzene rings is 1. The fourth-order valence-electron chi connectivity index (χ4n) is 2.51. The van der Waals surface area contributed by atoms with E-state index in [0.29, 0.717) is 0 Å². The monoisotopic (exact) mass is 327 g/mol. The predicted octanol–water partition coefficient (Wildman–Crippen LogP) is 3.19. The van der Waals surface area contributed by atoms with Crippen LogP contribution in [0, 0.1) is 6.92 Å². The molecule has 5 nitrogen and oxygen atoms in total. The molecule has 0 atom stereocenters. The second kappa shape index (κ2) is 9.88. The van der Waals surface area contributed by atoms with Crippen LogP contribution in [0.2, 0.25) is 0 Å². The van der Waals surface area contributed by atoms with Crippen molar-refractivity contribution in [2.24, 2.45) is 0 Å². The highest BCUT2D eigenvalue weighted by Crippen LogP contribution is 2.11. The van der Waals surface area contributed by atoms with Crippen molar-refractivity contribution in [1.29, 1.82) is 0 Å². The Labute approximate surface area is 145 Å². The van der Waals surface area contributed by atoms with Gasteiger partial charge in [0.25, 0.3) is 0 Å². The number of rotatable bonds is 10. The quantitative estimate of drug-likeness (QED) is 0.656. The first kappa shape index (κ1) is 18.2. The molecule has 0 aliphatic rings. The van der Waals surface area contributed by atoms with Crippen molar-refractivity contribution in [3.05, 3.63) is 47.8 Å². The third-order valence-corrected chi connectivity index (χ3v) is 3.72. The van der Waals surface area contributed by atoms with Crippen molar-refractivity contribution >= 4 is 11.6 Å². The Kier molecular flexibility index (Phi) is 7.49. The molecule has 0 aliphatic carbocycles. The number of aryl methyl sites for hydroxylation is 2. The van der Waals surface area contributed by atoms with Crippen molar-refractivity contribution in [1.82, 2.24) is 14.9 Å². The number of hydrogen-bond acceptors (Lipinski definition) is 5. The molecule has 24 heavy (non-hydrogen) atoms. The smallest absolute Gasteiger partial charge is 0.131 e. The standard InChI is InChI=1S/C19H29N5/c1-16-22-18(15-19(23-16)21-13-8-14-24(2)3)20-12-7-11-17-9-5-4-6-10-17/h4-6,9-10,15H,7-8,11-14H2,1-3H3,(H2,20,21,22,23). The normalized spacial score (nSPS) is 10.8. The third-order valence-electron chi connectivity index (χ3n) is 3.72. The molecule has 2 rings (SSSR count). The van der Waals surface area contributed by atoms with E-state index in [1.165, 1.54) is 5.56 Å². The van der Waals surface area contributed by atoms with Crippen molar-refractivity contribution in [3.8, 4) is 0 Å². The fraction of sp³-hybridized carbons (Fsp3) is 0.474. The van der Waals surface area contributed by atoms with Crippen LogP contribution in [0.15, 0.2) is 36.4 Å². The van der Waals surface area contributed by atoms with Crippen LogP contribution >= 0.6 is 0 Å². The fourth-order valence-corrected chi connectivity index (χ4v) is 2.51. The van der Waals surface area contributed by atoms with Gasteiger partial charge in [-0.3, -0.25) is 0 Å². The lowest BCUT2D eigenvalue weighted by Crippen LogP contribution is -2.17. The van der Waals surface area contributed by atoms with Crippen LogP contribution in [0.25, 0.3) is 0 Å². The summed E-state index contributed by atoms with van der Waals surface area (Å²) in [7, 11) is 4.18. The van der Waals surface area contributed by atoms with Crippen LogP contribution in [0.3, 0.4) is 0 Å². The highest BCUT2D eigenvalue weighted by atomic mass is 15.1. The molecule has 0 spiro atoms. The summed E-state index contributed by atoms with van der Waals surface area (Å²) in [4.78, 5) is 11.1. The van der Waals surface area contributed by atoms with Crippen LogP contribution in [-0.4, -0.2) is 48.6 Å². The first-order valence-corrected chi connectivity index (χ1v) is 8.65. The molecule has 0 aliphatic heterocycles. The molecule has 2 N–H and O–H groups in total. The Morgan fingerprint density at radius 2 is 1.54 bits per heavy atom. The van der Waals surface area contributed by atoms with Gasteiger partial charge in [-0.05, 0) is 52.4 Å². The summed E-state index contributed by atoms with van der Waals surface area (Å²) in [5.41, 5.74) is 1.38. The molecule has 1 aromatic carbocycles. The van der Waals surface area contributed by atoms with Crippen LogP contribution in [0.1, 0.15) is 24.2 Å². The topological polar surface area (TPSA) is 53.1 Å². The van der Waals surface area contributed by atoms with Crippen LogP contribution < -0.4 is 10.6 Å². The number of hydrogen-bond donors (Lipinski definition) is 2. The second-order valence-electron chi connectivity index (χ2n) is 6.29. The molecular formula is C19H29N5. The van der Waals surface area contributed by atoms with E-state index < -0.39 is 0 Å². The average Bonchev–Trinajstić information content (AvgIpc) is 2.56. The maximum Gasteiger partial charge on any atom is 0.131 e. The van der Waals surface area contributed by atoms with Gasteiger partial charge >= 0.3 is 0 Å². The largest absolute Gasteiger partial charge is 0.370 e. The van der Waals surface area contributed by atoms with Gasteiger partial charge in [0.05, 0.1) is 0 Å². The highest BCUT2D eigenvalue weighted by Gasteiger charge is 2.02. The van der Waals surface area contributed by atoms with E-state index in [4.69, 9.17) is 0 Å². The molecule has 0 saturated carbocycles. The van der Waals surface area contributed by atoms with Gasteiger partial charge in [-0.1, -0.05) is 30.3 Å². The first-order valence-electron chi connectivity index (χ1n) is 8.65. The summed E-state index contributed by atoms with van der Waals surface area (Å²) in [6.07, 6.45) is 3.25. The first-order chi connectivity index (χ1) is 11.6. The SMILES string of the molecule is Cc1nc(NCCCc2ccccc2)cc(NCCCN(C)C)n1. The summed E-state index contributed by atoms with van der Waals surface area (Å²) in [6.45, 7) is 4.83. The third kappa shape index (κ3) is 6.96. The Bertz CT molecular complexity index is 598. The Hall–Kier alpha value is -2.14. The molecule has 0 saturated heterocycles. The molecule has 0 amide bonds. The van der Waals surface area contributed by atoms with E-state index in [-0.39, 0.29) is 0 Å². The van der Waals surface area contributed by atoms with E-state index in [0.717, 1.165) is 56.4 Å². The Balaban J connectivity index is 1.75. The zero-order valence-corrected chi connectivity index (χ0v) is 15.0. The summed E-state index contributed by atoms with van der Waals surface area (Å²) in [5.74, 6) is 2.58. The maximum absolute atomic E-state index is 4.46. The van der Waals surface area contributed by atoms with Crippen LogP contribution in [-0.2, 0) is 6.42 Å². The van der Waals surface area contributed by atoms with Gasteiger partial charge in [0.15, 0.2) is 0 Å². The van der Waals surface area contributed by atoms with Gasteiger partial charge in [0, 0.05) is 19.2 Å². The van der Waals surface area contributed by atoms with Gasteiger partial charge in [0.1, 0.15) is 17.5 Å². The predicted molar refractivity (Wildman–Crippen MR) is 102 cm³/mol. The van der Waals surface area contributed by atoms with Gasteiger partial charge < -0.3 is 15.5 Å². The minimum Gasteiger partial charge on any atom is -0.370 e. The highest BCUT2D eigenvalue weighted by molar-refractivity contribution is 5.47. The maximum atomic E-state index is 4.46. The van der Waals surface area contributed by atoms with Crippen molar-refractivity contribution in [2.75, 3.05) is 44.4 Å². The second-order valence-corrected chi connectivity index (χ2v) is 6.29. The zero-order valence-electron chi connectivity index (χ0n) is 15.0. The minimum absolute atomic E-state index is 0.790. The molecule has 5 heteroatoms. The molecule has 1 aromatic heterocycles. The van der Waals surface area contributed by atoms with E-state index in [1.54, 1.807) is 0 Å². The van der Waals surface area contributed by atoms with Crippen molar-refractivity contribution in [2.45, 2.75) is 26.2 Å². The summed E-state index contributed by atoms with van der Waals surface area (Å²) < 4.78 is 0. The van der Waals surface area contributed by atoms with Gasteiger partial charge in [-0.25, -0.2) is 9.97 Å². The molecule has 2 aromatic rings. The molecule has 0 radical (unpaired) electrons. The zero-order chi connectivity index (χ0) is 17.2. The summed E-state index contributed by atoms with van der Waals surface area (Å²) in [6, 6.07) is 12.6. The summed E-state index contributed by atoms with van der Waals surface area (Å²) in [5, 5.41) is 6.79. The minimum atomic E-state index is 0.790. The van der Waals surface area contributed by atoms with Gasteiger partial charge in [-0.15, -0.1) is 0 Å². The van der Waals surface area contributed by atoms with E-state index in [9.17, 15) is 0 Å². The molecular weight excluding hydrogens is 298 g/mol. The van der Waals surface area contributed by atoms with Gasteiger partial charge in [-0.2, -0.15) is 0 Å². The number of anilines is 2. The molecule has 130 valence electrons. The number of nitrogens with zero attached hydrogens (tertiary/aromatic N) is 3. The van der Waals surface area contributed by atoms with Crippen LogP contribution in [0.5, 0.6) is 0 Å². The molecule has 0 fully saturated rings. The molecule has 0 unspecified atom stereocenters. The summed E-state index contributed by atoms with van der Waals surface area (Å²) >= 11 is 0. The lowest BCUT2D eigenvalue weighted by molar-refractivity contribution is 0.405. The van der Waals surface area contributed by atoms with Crippen LogP contribution in [0.4, 0.5) is 11.6 Å². The van der Waals surface area contributed by atoms with E-state index in [1.807, 2.05) is 13.0 Å². The number of nitrogens with one attached hydrogen (secondary N) is 2. The molecule has 0 bridgehead atoms. The van der Waals surface area contributed by atoms with Gasteiger partial charge in [0.2, 0.25) is 0 Å². The lowest BCUT2D eigenvalue weighted by Gasteiger charge is -2.12. The average molecular weight is 327 g/mol. The lowest BCUT2D eigenvalue weighted by atomic mass is 10.1. The number of aromatic nitrogens is 2. The Morgan fingerprint density at radius 3 is 2.17 bits per heavy atom.